The molecule has 3 nitrogen and oxygen atoms in total. The fourth-order valence-electron chi connectivity index (χ4n) is 2.94. The molecule has 1 fully saturated rings. The highest BCUT2D eigenvalue weighted by Gasteiger charge is 2.39. The van der Waals surface area contributed by atoms with Gasteiger partial charge in [0.2, 0.25) is 6.41 Å². The molecular weight excluding hydrogens is 293 g/mol. The maximum absolute atomic E-state index is 14.6. The van der Waals surface area contributed by atoms with Crippen molar-refractivity contribution in [1.82, 2.24) is 10.2 Å². The van der Waals surface area contributed by atoms with Gasteiger partial charge in [0.25, 0.3) is 5.92 Å². The number of rotatable bonds is 5. The first-order valence-electron chi connectivity index (χ1n) is 7.61. The quantitative estimate of drug-likeness (QED) is 0.791. The number of allylic oxidation sites excluding steroid dienone is 1. The SMILES string of the molecule is C[C@H](NC=O)C1=CC(F)C(C)(CN2CCC(F)(F)CC2)C=C1. The number of alkyl halides is 3. The van der Waals surface area contributed by atoms with Gasteiger partial charge in [0, 0.05) is 37.9 Å². The smallest absolute Gasteiger partial charge is 0.250 e. The number of nitrogens with one attached hydrogen (secondary N) is 1. The molecule has 2 rings (SSSR count). The van der Waals surface area contributed by atoms with Crippen LogP contribution in [0.1, 0.15) is 26.7 Å². The molecule has 1 saturated heterocycles. The second-order valence-electron chi connectivity index (χ2n) is 6.55. The van der Waals surface area contributed by atoms with E-state index in [1.807, 2.05) is 11.0 Å². The van der Waals surface area contributed by atoms with Crippen LogP contribution >= 0.6 is 0 Å². The Labute approximate surface area is 129 Å². The number of likely N-dealkylation sites (tertiary alicyclic amines) is 1. The Morgan fingerprint density at radius 1 is 1.45 bits per heavy atom. The van der Waals surface area contributed by atoms with Gasteiger partial charge in [-0.2, -0.15) is 0 Å². The summed E-state index contributed by atoms with van der Waals surface area (Å²) in [5.41, 5.74) is -0.000866. The van der Waals surface area contributed by atoms with Crippen molar-refractivity contribution in [2.24, 2.45) is 5.41 Å². The monoisotopic (exact) mass is 316 g/mol. The van der Waals surface area contributed by atoms with Crippen LogP contribution in [0.5, 0.6) is 0 Å². The van der Waals surface area contributed by atoms with E-state index in [9.17, 15) is 18.0 Å². The predicted molar refractivity (Wildman–Crippen MR) is 79.5 cm³/mol. The highest BCUT2D eigenvalue weighted by molar-refractivity contribution is 5.49. The van der Waals surface area contributed by atoms with Gasteiger partial charge in [0.15, 0.2) is 0 Å². The molecule has 0 saturated carbocycles. The van der Waals surface area contributed by atoms with Crippen LogP contribution in [0, 0.1) is 5.41 Å². The first kappa shape index (κ1) is 17.1. The van der Waals surface area contributed by atoms with E-state index in [0.29, 0.717) is 26.0 Å². The van der Waals surface area contributed by atoms with Gasteiger partial charge in [0.05, 0.1) is 6.04 Å². The summed E-state index contributed by atoms with van der Waals surface area (Å²) in [6.07, 6.45) is 4.19. The lowest BCUT2D eigenvalue weighted by Crippen LogP contribution is -2.47. The molecular formula is C16H23F3N2O. The van der Waals surface area contributed by atoms with Gasteiger partial charge in [0.1, 0.15) is 6.17 Å². The molecule has 0 radical (unpaired) electrons. The zero-order valence-electron chi connectivity index (χ0n) is 13.0. The topological polar surface area (TPSA) is 32.3 Å². The third-order valence-electron chi connectivity index (χ3n) is 4.60. The molecule has 1 N–H and O–H groups in total. The number of carbonyl (C=O) groups is 1. The molecule has 0 bridgehead atoms. The number of hydrogen-bond donors (Lipinski definition) is 1. The number of piperidine rings is 1. The Hall–Kier alpha value is -1.30. The number of halogens is 3. The summed E-state index contributed by atoms with van der Waals surface area (Å²) in [5, 5.41) is 2.59. The Morgan fingerprint density at radius 3 is 2.64 bits per heavy atom. The van der Waals surface area contributed by atoms with Crippen LogP contribution in [-0.2, 0) is 4.79 Å². The molecule has 6 heteroatoms. The van der Waals surface area contributed by atoms with Crippen molar-refractivity contribution in [1.29, 1.82) is 0 Å². The summed E-state index contributed by atoms with van der Waals surface area (Å²) in [7, 11) is 0. The summed E-state index contributed by atoms with van der Waals surface area (Å²) in [5.74, 6) is -2.59. The lowest BCUT2D eigenvalue weighted by molar-refractivity contribution is -0.109. The van der Waals surface area contributed by atoms with Gasteiger partial charge >= 0.3 is 0 Å². The van der Waals surface area contributed by atoms with Crippen molar-refractivity contribution >= 4 is 6.41 Å². The Morgan fingerprint density at radius 2 is 2.09 bits per heavy atom. The number of hydrogen-bond acceptors (Lipinski definition) is 2. The third kappa shape index (κ3) is 3.91. The molecule has 1 heterocycles. The van der Waals surface area contributed by atoms with Crippen molar-refractivity contribution < 1.29 is 18.0 Å². The molecule has 0 aromatic heterocycles. The van der Waals surface area contributed by atoms with Crippen LogP contribution < -0.4 is 5.32 Å². The minimum absolute atomic E-state index is 0.162. The fraction of sp³-hybridized carbons (Fsp3) is 0.688. The van der Waals surface area contributed by atoms with E-state index in [4.69, 9.17) is 0 Å². The normalized spacial score (nSPS) is 33.1. The zero-order chi connectivity index (χ0) is 16.4. The first-order valence-corrected chi connectivity index (χ1v) is 7.61. The Kier molecular flexibility index (Phi) is 5.00. The summed E-state index contributed by atoms with van der Waals surface area (Å²) in [4.78, 5) is 12.4. The molecule has 2 unspecified atom stereocenters. The molecule has 1 aliphatic carbocycles. The molecule has 0 spiro atoms. The van der Waals surface area contributed by atoms with Crippen molar-refractivity contribution in [3.8, 4) is 0 Å². The van der Waals surface area contributed by atoms with Gasteiger partial charge in [-0.15, -0.1) is 0 Å². The average molecular weight is 316 g/mol. The van der Waals surface area contributed by atoms with Crippen LogP contribution in [0.4, 0.5) is 13.2 Å². The predicted octanol–water partition coefficient (Wildman–Crippen LogP) is 2.69. The highest BCUT2D eigenvalue weighted by atomic mass is 19.3. The average Bonchev–Trinajstić information content (AvgIpc) is 2.45. The van der Waals surface area contributed by atoms with Gasteiger partial charge in [-0.05, 0) is 18.6 Å². The van der Waals surface area contributed by atoms with Crippen LogP contribution in [-0.4, -0.2) is 49.1 Å². The van der Waals surface area contributed by atoms with Gasteiger partial charge in [-0.1, -0.05) is 19.1 Å². The van der Waals surface area contributed by atoms with Crippen LogP contribution in [0.25, 0.3) is 0 Å². The zero-order valence-corrected chi connectivity index (χ0v) is 13.0. The molecule has 124 valence electrons. The molecule has 0 aromatic rings. The first-order chi connectivity index (χ1) is 10.3. The number of nitrogens with zero attached hydrogens (tertiary/aromatic N) is 1. The van der Waals surface area contributed by atoms with E-state index in [2.05, 4.69) is 5.32 Å². The Bertz CT molecular complexity index is 468. The Balaban J connectivity index is 1.98. The van der Waals surface area contributed by atoms with Crippen LogP contribution in [0.15, 0.2) is 23.8 Å². The minimum atomic E-state index is -2.59. The van der Waals surface area contributed by atoms with E-state index >= 15 is 0 Å². The second-order valence-corrected chi connectivity index (χ2v) is 6.55. The lowest BCUT2D eigenvalue weighted by Gasteiger charge is -2.40. The van der Waals surface area contributed by atoms with Gasteiger partial charge < -0.3 is 10.2 Å². The van der Waals surface area contributed by atoms with E-state index in [1.54, 1.807) is 19.9 Å². The summed E-state index contributed by atoms with van der Waals surface area (Å²) < 4.78 is 40.9. The summed E-state index contributed by atoms with van der Waals surface area (Å²) in [6, 6.07) is -0.245. The maximum Gasteiger partial charge on any atom is 0.250 e. The largest absolute Gasteiger partial charge is 0.352 e. The molecule has 2 aliphatic rings. The standard InChI is InChI=1S/C16H23F3N2O/c1-12(20-11-22)13-3-4-15(2,14(17)9-13)10-21-7-5-16(18,19)6-8-21/h3-4,9,11-12,14H,5-8,10H2,1-2H3,(H,20,22)/t12-,14?,15?/m0/s1. The second kappa shape index (κ2) is 6.44. The van der Waals surface area contributed by atoms with Crippen LogP contribution in [0.3, 0.4) is 0 Å². The van der Waals surface area contributed by atoms with Gasteiger partial charge in [-0.3, -0.25) is 4.79 Å². The molecule has 22 heavy (non-hydrogen) atoms. The minimum Gasteiger partial charge on any atom is -0.352 e. The number of carbonyl (C=O) groups excluding carboxylic acids is 1. The van der Waals surface area contributed by atoms with Crippen molar-refractivity contribution in [3.63, 3.8) is 0 Å². The number of amides is 1. The van der Waals surface area contributed by atoms with Crippen molar-refractivity contribution in [2.75, 3.05) is 19.6 Å². The van der Waals surface area contributed by atoms with E-state index in [0.717, 1.165) is 5.57 Å². The van der Waals surface area contributed by atoms with E-state index in [1.165, 1.54) is 6.08 Å². The summed E-state index contributed by atoms with van der Waals surface area (Å²) in [6.45, 7) is 4.59. The maximum atomic E-state index is 14.6. The van der Waals surface area contributed by atoms with Crippen molar-refractivity contribution in [2.45, 2.75) is 44.8 Å². The molecule has 0 aromatic carbocycles. The fourth-order valence-corrected chi connectivity index (χ4v) is 2.94. The molecule has 3 atom stereocenters. The lowest BCUT2D eigenvalue weighted by atomic mass is 9.78. The van der Waals surface area contributed by atoms with E-state index in [-0.39, 0.29) is 18.9 Å². The van der Waals surface area contributed by atoms with Crippen LogP contribution in [0.2, 0.25) is 0 Å². The highest BCUT2D eigenvalue weighted by Crippen LogP contribution is 2.36. The van der Waals surface area contributed by atoms with Crippen molar-refractivity contribution in [3.05, 3.63) is 23.8 Å². The summed E-state index contributed by atoms with van der Waals surface area (Å²) >= 11 is 0. The molecule has 1 aliphatic heterocycles. The molecule has 1 amide bonds. The van der Waals surface area contributed by atoms with Gasteiger partial charge in [-0.25, -0.2) is 13.2 Å². The van der Waals surface area contributed by atoms with E-state index < -0.39 is 17.5 Å². The third-order valence-corrected chi connectivity index (χ3v) is 4.60.